The summed E-state index contributed by atoms with van der Waals surface area (Å²) in [5, 5.41) is 3.00. The van der Waals surface area contributed by atoms with Crippen LogP contribution in [0.5, 0.6) is 0 Å². The van der Waals surface area contributed by atoms with E-state index >= 15 is 0 Å². The number of esters is 1. The summed E-state index contributed by atoms with van der Waals surface area (Å²) in [6.45, 7) is 6.54. The number of likely N-dealkylation sites (N-methyl/N-ethyl adjacent to an activating group) is 1. The van der Waals surface area contributed by atoms with Crippen LogP contribution in [0.25, 0.3) is 0 Å². The van der Waals surface area contributed by atoms with Crippen LogP contribution in [0.4, 0.5) is 0 Å². The van der Waals surface area contributed by atoms with Crippen LogP contribution in [0.15, 0.2) is 134 Å². The molecule has 0 aromatic rings. The number of allylic oxidation sites excluding steroid dienone is 21. The van der Waals surface area contributed by atoms with E-state index in [9.17, 15) is 19.0 Å². The van der Waals surface area contributed by atoms with Crippen molar-refractivity contribution in [2.45, 2.75) is 238 Å². The quantitative estimate of drug-likeness (QED) is 0.0212. The maximum absolute atomic E-state index is 13.5. The van der Waals surface area contributed by atoms with Gasteiger partial charge in [-0.05, 0) is 122 Å². The summed E-state index contributed by atoms with van der Waals surface area (Å²) in [6, 6.07) is -0.930. The van der Waals surface area contributed by atoms with E-state index in [-0.39, 0.29) is 31.3 Å². The first-order chi connectivity index (χ1) is 37.4. The molecule has 10 heteroatoms. The number of ether oxygens (including phenoxy) is 1. The van der Waals surface area contributed by atoms with Crippen LogP contribution in [-0.2, 0) is 27.9 Å². The second-order valence-corrected chi connectivity index (χ2v) is 22.5. The largest absolute Gasteiger partial charge is 0.756 e. The van der Waals surface area contributed by atoms with Gasteiger partial charge in [0.2, 0.25) is 5.91 Å². The van der Waals surface area contributed by atoms with Crippen molar-refractivity contribution >= 4 is 19.7 Å². The molecule has 0 saturated carbocycles. The monoisotopic (exact) mass is 1090 g/mol. The zero-order valence-corrected chi connectivity index (χ0v) is 50.8. The van der Waals surface area contributed by atoms with Crippen molar-refractivity contribution < 1.29 is 37.3 Å². The topological polar surface area (TPSA) is 114 Å². The predicted octanol–water partition coefficient (Wildman–Crippen LogP) is 18.3. The number of carbonyl (C=O) groups excluding carboxylic acids is 2. The van der Waals surface area contributed by atoms with E-state index in [0.717, 1.165) is 122 Å². The minimum absolute atomic E-state index is 0.0424. The number of amides is 1. The average Bonchev–Trinajstić information content (AvgIpc) is 3.39. The van der Waals surface area contributed by atoms with Gasteiger partial charge in [-0.15, -0.1) is 0 Å². The fourth-order valence-corrected chi connectivity index (χ4v) is 8.65. The van der Waals surface area contributed by atoms with E-state index in [4.69, 9.17) is 13.8 Å². The van der Waals surface area contributed by atoms with Gasteiger partial charge < -0.3 is 28.5 Å². The second kappa shape index (κ2) is 55.5. The van der Waals surface area contributed by atoms with Crippen molar-refractivity contribution in [1.82, 2.24) is 5.32 Å². The molecule has 0 radical (unpaired) electrons. The third-order valence-corrected chi connectivity index (χ3v) is 13.5. The SMILES string of the molecule is CC/C=C\C/C=C\C/C=C\C/C=C\C/C=C\CCCCCC(=O)NC(COP(=O)([O-])OCC[N+](C)(C)C)C(/C=C/CCCCCCCCCCCCC)OC(=O)CCCCC/C=C\C/C=C\C/C=C\C/C=C\C/C=C\CC. The highest BCUT2D eigenvalue weighted by Crippen LogP contribution is 2.38. The highest BCUT2D eigenvalue weighted by atomic mass is 31.2. The summed E-state index contributed by atoms with van der Waals surface area (Å²) < 4.78 is 30.3. The molecular weight excluding hydrogens is 976 g/mol. The molecule has 77 heavy (non-hydrogen) atoms. The Labute approximate surface area is 473 Å². The Bertz CT molecular complexity index is 1780. The van der Waals surface area contributed by atoms with Crippen LogP contribution in [0.3, 0.4) is 0 Å². The van der Waals surface area contributed by atoms with Gasteiger partial charge >= 0.3 is 5.97 Å². The summed E-state index contributed by atoms with van der Waals surface area (Å²) in [5.41, 5.74) is 0. The molecule has 3 unspecified atom stereocenters. The number of carbonyl (C=O) groups is 2. The molecule has 1 amide bonds. The lowest BCUT2D eigenvalue weighted by atomic mass is 10.0. The van der Waals surface area contributed by atoms with E-state index in [2.05, 4.69) is 148 Å². The summed E-state index contributed by atoms with van der Waals surface area (Å²) in [7, 11) is 1.12. The molecule has 0 spiro atoms. The molecule has 9 nitrogen and oxygen atoms in total. The molecule has 1 N–H and O–H groups in total. The van der Waals surface area contributed by atoms with Gasteiger partial charge in [-0.2, -0.15) is 0 Å². The first kappa shape index (κ1) is 73.2. The van der Waals surface area contributed by atoms with E-state index < -0.39 is 26.6 Å². The minimum Gasteiger partial charge on any atom is -0.756 e. The van der Waals surface area contributed by atoms with Gasteiger partial charge in [0.15, 0.2) is 0 Å². The minimum atomic E-state index is -4.73. The van der Waals surface area contributed by atoms with Gasteiger partial charge in [0, 0.05) is 12.8 Å². The molecule has 0 heterocycles. The Morgan fingerprint density at radius 1 is 0.468 bits per heavy atom. The van der Waals surface area contributed by atoms with Gasteiger partial charge in [0.1, 0.15) is 19.3 Å². The van der Waals surface area contributed by atoms with E-state index in [1.165, 1.54) is 57.8 Å². The fraction of sp³-hybridized carbons (Fsp3) is 0.642. The fourth-order valence-electron chi connectivity index (χ4n) is 7.93. The van der Waals surface area contributed by atoms with Crippen molar-refractivity contribution in [3.63, 3.8) is 0 Å². The number of nitrogens with zero attached hydrogens (tertiary/aromatic N) is 1. The Kier molecular flexibility index (Phi) is 52.7. The van der Waals surface area contributed by atoms with Crippen LogP contribution in [0, 0.1) is 0 Å². The first-order valence-electron chi connectivity index (χ1n) is 30.5. The summed E-state index contributed by atoms with van der Waals surface area (Å²) in [6.07, 6.45) is 78.5. The van der Waals surface area contributed by atoms with E-state index in [1.807, 2.05) is 33.3 Å². The first-order valence-corrected chi connectivity index (χ1v) is 32.0. The lowest BCUT2D eigenvalue weighted by molar-refractivity contribution is -0.870. The van der Waals surface area contributed by atoms with Crippen LogP contribution in [0.1, 0.15) is 226 Å². The van der Waals surface area contributed by atoms with Crippen LogP contribution < -0.4 is 10.2 Å². The molecule has 0 aromatic heterocycles. The maximum Gasteiger partial charge on any atom is 0.306 e. The van der Waals surface area contributed by atoms with E-state index in [1.54, 1.807) is 0 Å². The van der Waals surface area contributed by atoms with Gasteiger partial charge in [0.05, 0.1) is 33.8 Å². The Hall–Kier alpha value is -3.85. The Morgan fingerprint density at radius 2 is 0.831 bits per heavy atom. The number of nitrogens with one attached hydrogen (secondary N) is 1. The zero-order valence-electron chi connectivity index (χ0n) is 49.9. The molecule has 0 aromatic carbocycles. The second-order valence-electron chi connectivity index (χ2n) is 21.1. The Balaban J connectivity index is 5.45. The number of hydrogen-bond donors (Lipinski definition) is 1. The van der Waals surface area contributed by atoms with Crippen molar-refractivity contribution in [1.29, 1.82) is 0 Å². The summed E-state index contributed by atoms with van der Waals surface area (Å²) in [5.74, 6) is -0.627. The number of rotatable bonds is 53. The predicted molar refractivity (Wildman–Crippen MR) is 330 cm³/mol. The van der Waals surface area contributed by atoms with Crippen molar-refractivity contribution in [2.75, 3.05) is 40.9 Å². The molecule has 0 aliphatic rings. The third kappa shape index (κ3) is 56.7. The molecule has 0 rings (SSSR count). The highest BCUT2D eigenvalue weighted by molar-refractivity contribution is 7.45. The molecular formula is C67H113N2O7P. The normalized spacial score (nSPS) is 14.6. The van der Waals surface area contributed by atoms with Gasteiger partial charge in [-0.25, -0.2) is 0 Å². The van der Waals surface area contributed by atoms with Crippen molar-refractivity contribution in [2.24, 2.45) is 0 Å². The summed E-state index contributed by atoms with van der Waals surface area (Å²) >= 11 is 0. The number of quaternary nitrogens is 1. The van der Waals surface area contributed by atoms with E-state index in [0.29, 0.717) is 23.9 Å². The highest BCUT2D eigenvalue weighted by Gasteiger charge is 2.27. The number of phosphoric acid groups is 1. The van der Waals surface area contributed by atoms with Gasteiger partial charge in [-0.3, -0.25) is 14.2 Å². The molecule has 0 aliphatic heterocycles. The Morgan fingerprint density at radius 3 is 1.25 bits per heavy atom. The lowest BCUT2D eigenvalue weighted by Crippen LogP contribution is -2.47. The molecule has 3 atom stereocenters. The third-order valence-electron chi connectivity index (χ3n) is 12.6. The number of phosphoric ester groups is 1. The lowest BCUT2D eigenvalue weighted by Gasteiger charge is -2.30. The van der Waals surface area contributed by atoms with Crippen LogP contribution in [0.2, 0.25) is 0 Å². The maximum atomic E-state index is 13.5. The van der Waals surface area contributed by atoms with Crippen molar-refractivity contribution in [3.8, 4) is 0 Å². The van der Waals surface area contributed by atoms with Crippen LogP contribution in [-0.4, -0.2) is 69.4 Å². The molecule has 0 bridgehead atoms. The summed E-state index contributed by atoms with van der Waals surface area (Å²) in [4.78, 5) is 40.0. The number of unbranched alkanes of at least 4 members (excludes halogenated alkanes) is 17. The van der Waals surface area contributed by atoms with Gasteiger partial charge in [0.25, 0.3) is 7.82 Å². The molecule has 438 valence electrons. The van der Waals surface area contributed by atoms with Crippen LogP contribution >= 0.6 is 7.82 Å². The smallest absolute Gasteiger partial charge is 0.306 e. The van der Waals surface area contributed by atoms with Gasteiger partial charge in [-0.1, -0.05) is 225 Å². The molecule has 0 saturated heterocycles. The zero-order chi connectivity index (χ0) is 56.4. The van der Waals surface area contributed by atoms with Crippen molar-refractivity contribution in [3.05, 3.63) is 134 Å². The molecule has 0 aliphatic carbocycles. The standard InChI is InChI=1S/C67H113N2O7P/c1-7-10-13-16-19-22-25-28-30-32-34-36-38-41-44-47-50-53-56-59-66(70)68-64(63-75-77(72,73)74-62-61-69(4,5)6)65(58-55-52-49-46-43-40-27-24-21-18-15-12-9-3)76-67(71)60-57-54-51-48-45-42-39-37-35-33-31-29-26-23-20-17-14-11-8-2/h10-11,13-14,19-20,22-23,28-31,34-37,41-42,44-45,55,58,64-65H,7-9,12,15-18,21,24-27,32-33,38-40,43,46-54,56-57,59-63H2,1-6H3,(H-,68,70,72,73)/b13-10-,14-11-,22-19-,23-20-,30-28-,31-29-,36-34-,37-35-,44-41-,45-42-,58-55+. The number of hydrogen-bond acceptors (Lipinski definition) is 7. The average molecular weight is 1090 g/mol. The molecule has 0 fully saturated rings.